The van der Waals surface area contributed by atoms with Crippen molar-refractivity contribution in [2.45, 2.75) is 22.6 Å². The molecule has 0 aromatic heterocycles. The predicted octanol–water partition coefficient (Wildman–Crippen LogP) is 1.89. The third kappa shape index (κ3) is 3.47. The summed E-state index contributed by atoms with van der Waals surface area (Å²) in [5.74, 6) is -0.976. The summed E-state index contributed by atoms with van der Waals surface area (Å²) in [6, 6.07) is 5.01. The molecule has 1 saturated heterocycles. The fourth-order valence-electron chi connectivity index (χ4n) is 1.57. The number of carboxylic acids is 1. The molecule has 4 nitrogen and oxygen atoms in total. The highest BCUT2D eigenvalue weighted by Crippen LogP contribution is 2.34. The van der Waals surface area contributed by atoms with Crippen molar-refractivity contribution in [2.75, 3.05) is 13.2 Å². The van der Waals surface area contributed by atoms with Gasteiger partial charge in [0.2, 0.25) is 0 Å². The first kappa shape index (κ1) is 13.9. The Morgan fingerprint density at radius 1 is 1.61 bits per heavy atom. The lowest BCUT2D eigenvalue weighted by Gasteiger charge is -2.25. The second-order valence-electron chi connectivity index (χ2n) is 4.19. The highest BCUT2D eigenvalue weighted by Gasteiger charge is 2.21. The Labute approximate surface area is 118 Å². The molecule has 0 saturated carbocycles. The Bertz CT molecular complexity index is 451. The maximum absolute atomic E-state index is 10.7. The first-order valence-electron chi connectivity index (χ1n) is 5.57. The third-order valence-corrected chi connectivity index (χ3v) is 4.80. The Hall–Kier alpha value is -0.560. The van der Waals surface area contributed by atoms with E-state index < -0.39 is 12.0 Å². The molecule has 1 aromatic rings. The number of halogens is 1. The normalized spacial score (nSPS) is 17.2. The number of thioether (sulfide) groups is 1. The zero-order chi connectivity index (χ0) is 13.1. The van der Waals surface area contributed by atoms with Crippen LogP contribution >= 0.6 is 27.7 Å². The molecule has 0 radical (unpaired) electrons. The largest absolute Gasteiger partial charge is 0.480 e. The standard InChI is InChI=1S/C12H14BrNO3S/c13-9-3-7(4-10(14)12(15)16)1-2-11(9)18-8-5-17-6-8/h1-3,8,10H,4-6,14H2,(H,15,16). The lowest BCUT2D eigenvalue weighted by atomic mass is 10.1. The number of aliphatic carboxylic acids is 1. The molecule has 1 aromatic carbocycles. The van der Waals surface area contributed by atoms with Gasteiger partial charge in [0.05, 0.1) is 18.5 Å². The molecule has 6 heteroatoms. The molecule has 2 rings (SSSR count). The molecular weight excluding hydrogens is 318 g/mol. The van der Waals surface area contributed by atoms with Gasteiger partial charge in [-0.15, -0.1) is 11.8 Å². The van der Waals surface area contributed by atoms with Crippen LogP contribution < -0.4 is 5.73 Å². The first-order valence-corrected chi connectivity index (χ1v) is 7.24. The molecule has 0 spiro atoms. The predicted molar refractivity (Wildman–Crippen MR) is 73.9 cm³/mol. The van der Waals surface area contributed by atoms with Crippen LogP contribution in [0.2, 0.25) is 0 Å². The molecule has 1 unspecified atom stereocenters. The molecule has 0 bridgehead atoms. The van der Waals surface area contributed by atoms with Crippen LogP contribution in [0, 0.1) is 0 Å². The van der Waals surface area contributed by atoms with Crippen LogP contribution in [0.25, 0.3) is 0 Å². The van der Waals surface area contributed by atoms with Gasteiger partial charge >= 0.3 is 5.97 Å². The fraction of sp³-hybridized carbons (Fsp3) is 0.417. The van der Waals surface area contributed by atoms with Gasteiger partial charge < -0.3 is 15.6 Å². The average Bonchev–Trinajstić information content (AvgIpc) is 2.25. The number of benzene rings is 1. The average molecular weight is 332 g/mol. The number of carboxylic acid groups (broad SMARTS) is 1. The van der Waals surface area contributed by atoms with Crippen LogP contribution in [0.15, 0.2) is 27.6 Å². The van der Waals surface area contributed by atoms with Crippen LogP contribution in [0.5, 0.6) is 0 Å². The Morgan fingerprint density at radius 2 is 2.33 bits per heavy atom. The van der Waals surface area contributed by atoms with Gasteiger partial charge in [-0.2, -0.15) is 0 Å². The maximum atomic E-state index is 10.7. The van der Waals surface area contributed by atoms with E-state index in [0.29, 0.717) is 11.7 Å². The number of rotatable bonds is 5. The second kappa shape index (κ2) is 6.06. The lowest BCUT2D eigenvalue weighted by molar-refractivity contribution is -0.138. The molecule has 1 atom stereocenters. The molecule has 1 heterocycles. The Balaban J connectivity index is 2.01. The van der Waals surface area contributed by atoms with Crippen molar-refractivity contribution in [2.24, 2.45) is 5.73 Å². The highest BCUT2D eigenvalue weighted by molar-refractivity contribution is 9.10. The molecular formula is C12H14BrNO3S. The first-order chi connectivity index (χ1) is 8.56. The van der Waals surface area contributed by atoms with Gasteiger partial charge in [-0.3, -0.25) is 4.79 Å². The summed E-state index contributed by atoms with van der Waals surface area (Å²) >= 11 is 5.28. The van der Waals surface area contributed by atoms with E-state index in [0.717, 1.165) is 28.1 Å². The second-order valence-corrected chi connectivity index (χ2v) is 6.39. The van der Waals surface area contributed by atoms with Gasteiger partial charge in [0.15, 0.2) is 0 Å². The highest BCUT2D eigenvalue weighted by atomic mass is 79.9. The maximum Gasteiger partial charge on any atom is 0.320 e. The molecule has 3 N–H and O–H groups in total. The molecule has 18 heavy (non-hydrogen) atoms. The van der Waals surface area contributed by atoms with Crippen molar-refractivity contribution in [3.05, 3.63) is 28.2 Å². The minimum Gasteiger partial charge on any atom is -0.480 e. The molecule has 1 fully saturated rings. The molecule has 0 aliphatic carbocycles. The van der Waals surface area contributed by atoms with Crippen molar-refractivity contribution in [1.82, 2.24) is 0 Å². The number of hydrogen-bond acceptors (Lipinski definition) is 4. The minimum atomic E-state index is -0.976. The van der Waals surface area contributed by atoms with Crippen molar-refractivity contribution in [1.29, 1.82) is 0 Å². The summed E-state index contributed by atoms with van der Waals surface area (Å²) in [6.45, 7) is 1.59. The fourth-order valence-corrected chi connectivity index (χ4v) is 3.28. The number of ether oxygens (including phenoxy) is 1. The van der Waals surface area contributed by atoms with Crippen molar-refractivity contribution < 1.29 is 14.6 Å². The van der Waals surface area contributed by atoms with Crippen molar-refractivity contribution in [3.8, 4) is 0 Å². The van der Waals surface area contributed by atoms with Crippen molar-refractivity contribution >= 4 is 33.7 Å². The van der Waals surface area contributed by atoms with Crippen LogP contribution in [-0.2, 0) is 16.0 Å². The third-order valence-electron chi connectivity index (χ3n) is 2.67. The van der Waals surface area contributed by atoms with E-state index in [4.69, 9.17) is 15.6 Å². The zero-order valence-electron chi connectivity index (χ0n) is 9.64. The molecule has 98 valence electrons. The van der Waals surface area contributed by atoms with Crippen LogP contribution in [-0.4, -0.2) is 35.6 Å². The quantitative estimate of drug-likeness (QED) is 0.862. The molecule has 1 aliphatic rings. The van der Waals surface area contributed by atoms with E-state index in [1.807, 2.05) is 18.2 Å². The summed E-state index contributed by atoms with van der Waals surface area (Å²) in [7, 11) is 0. The lowest BCUT2D eigenvalue weighted by Crippen LogP contribution is -2.32. The number of hydrogen-bond donors (Lipinski definition) is 2. The summed E-state index contributed by atoms with van der Waals surface area (Å²) in [5.41, 5.74) is 6.43. The Morgan fingerprint density at radius 3 is 2.83 bits per heavy atom. The summed E-state index contributed by atoms with van der Waals surface area (Å²) in [4.78, 5) is 11.8. The SMILES string of the molecule is NC(Cc1ccc(SC2COC2)c(Br)c1)C(=O)O. The van der Waals surface area contributed by atoms with Crippen LogP contribution in [0.1, 0.15) is 5.56 Å². The van der Waals surface area contributed by atoms with Gasteiger partial charge in [0.1, 0.15) is 6.04 Å². The van der Waals surface area contributed by atoms with Gasteiger partial charge in [0.25, 0.3) is 0 Å². The number of carbonyl (C=O) groups is 1. The van der Waals surface area contributed by atoms with Gasteiger partial charge in [-0.05, 0) is 40.0 Å². The van der Waals surface area contributed by atoms with Gasteiger partial charge in [-0.25, -0.2) is 0 Å². The monoisotopic (exact) mass is 331 g/mol. The van der Waals surface area contributed by atoms with Crippen LogP contribution in [0.4, 0.5) is 0 Å². The van der Waals surface area contributed by atoms with E-state index in [-0.39, 0.29) is 0 Å². The van der Waals surface area contributed by atoms with E-state index >= 15 is 0 Å². The topological polar surface area (TPSA) is 72.5 Å². The van der Waals surface area contributed by atoms with Crippen LogP contribution in [0.3, 0.4) is 0 Å². The summed E-state index contributed by atoms with van der Waals surface area (Å²) < 4.78 is 6.11. The van der Waals surface area contributed by atoms with Gasteiger partial charge in [-0.1, -0.05) is 6.07 Å². The van der Waals surface area contributed by atoms with E-state index in [1.54, 1.807) is 11.8 Å². The summed E-state index contributed by atoms with van der Waals surface area (Å²) in [6.07, 6.45) is 0.339. The zero-order valence-corrected chi connectivity index (χ0v) is 12.0. The summed E-state index contributed by atoms with van der Waals surface area (Å²) in [5, 5.41) is 9.29. The molecule has 1 aliphatic heterocycles. The van der Waals surface area contributed by atoms with E-state index in [1.165, 1.54) is 0 Å². The number of nitrogens with two attached hydrogens (primary N) is 1. The van der Waals surface area contributed by atoms with Gasteiger partial charge in [0, 0.05) is 9.37 Å². The minimum absolute atomic E-state index is 0.339. The smallest absolute Gasteiger partial charge is 0.320 e. The Kier molecular flexibility index (Phi) is 4.66. The van der Waals surface area contributed by atoms with Crippen molar-refractivity contribution in [3.63, 3.8) is 0 Å². The van der Waals surface area contributed by atoms with E-state index in [2.05, 4.69) is 15.9 Å². The van der Waals surface area contributed by atoms with E-state index in [9.17, 15) is 4.79 Å². The molecule has 0 amide bonds.